The maximum absolute atomic E-state index is 9.44. The summed E-state index contributed by atoms with van der Waals surface area (Å²) in [6.45, 7) is 11.8. The minimum Gasteiger partial charge on any atom is -0.340 e. The molecule has 2 aliphatic carbocycles. The topological polar surface area (TPSA) is 98.4 Å². The standard InChI is InChI=1S/C41H39N5S/c1-6-15-46-36-13-11-28(7-9-30-16-32(34(24-42)25-43)22-40(2,3)20-30)18-38(36)47-39-19-29(12-14-37(39)46)8-10-31-17-33(35(26-44)27-45)23-41(4,5)21-31/h7-14,16-19H,6,15,20-23H2,1-5H3/b9-7+,10-8+. The first-order valence-corrected chi connectivity index (χ1v) is 16.9. The van der Waals surface area contributed by atoms with Crippen LogP contribution in [0.1, 0.15) is 77.8 Å². The molecule has 2 aromatic carbocycles. The van der Waals surface area contributed by atoms with Crippen molar-refractivity contribution in [3.63, 3.8) is 0 Å². The van der Waals surface area contributed by atoms with E-state index in [4.69, 9.17) is 0 Å². The molecule has 0 saturated carbocycles. The highest BCUT2D eigenvalue weighted by Gasteiger charge is 2.28. The van der Waals surface area contributed by atoms with Crippen molar-refractivity contribution in [3.05, 3.63) is 105 Å². The van der Waals surface area contributed by atoms with Crippen LogP contribution in [0.2, 0.25) is 0 Å². The van der Waals surface area contributed by atoms with Gasteiger partial charge in [-0.05, 0) is 101 Å². The van der Waals surface area contributed by atoms with Crippen LogP contribution in [0.3, 0.4) is 0 Å². The zero-order valence-electron chi connectivity index (χ0n) is 27.8. The number of hydrogen-bond acceptors (Lipinski definition) is 6. The first-order valence-electron chi connectivity index (χ1n) is 16.1. The molecule has 0 atom stereocenters. The molecule has 0 bridgehead atoms. The average molecular weight is 634 g/mol. The van der Waals surface area contributed by atoms with Crippen LogP contribution in [-0.4, -0.2) is 6.54 Å². The number of anilines is 2. The van der Waals surface area contributed by atoms with E-state index in [0.717, 1.165) is 72.1 Å². The molecule has 3 aliphatic rings. The van der Waals surface area contributed by atoms with E-state index >= 15 is 0 Å². The third kappa shape index (κ3) is 7.69. The molecule has 0 saturated heterocycles. The van der Waals surface area contributed by atoms with Crippen molar-refractivity contribution in [1.29, 1.82) is 21.0 Å². The van der Waals surface area contributed by atoms with E-state index in [-0.39, 0.29) is 22.0 Å². The Kier molecular flexibility index (Phi) is 9.77. The molecule has 47 heavy (non-hydrogen) atoms. The van der Waals surface area contributed by atoms with E-state index in [1.165, 1.54) is 21.2 Å². The first-order chi connectivity index (χ1) is 22.5. The van der Waals surface area contributed by atoms with Crippen molar-refractivity contribution >= 4 is 35.3 Å². The summed E-state index contributed by atoms with van der Waals surface area (Å²) in [5, 5.41) is 37.8. The number of rotatable bonds is 6. The zero-order chi connectivity index (χ0) is 33.8. The van der Waals surface area contributed by atoms with Crippen LogP contribution in [0.5, 0.6) is 0 Å². The molecule has 6 heteroatoms. The maximum atomic E-state index is 9.44. The van der Waals surface area contributed by atoms with Crippen LogP contribution in [0, 0.1) is 56.2 Å². The molecular formula is C41H39N5S. The highest BCUT2D eigenvalue weighted by atomic mass is 32.2. The highest BCUT2D eigenvalue weighted by molar-refractivity contribution is 7.99. The van der Waals surface area contributed by atoms with Gasteiger partial charge in [0.25, 0.3) is 0 Å². The fourth-order valence-electron chi connectivity index (χ4n) is 6.78. The van der Waals surface area contributed by atoms with E-state index in [2.05, 4.69) is 124 Å². The highest BCUT2D eigenvalue weighted by Crippen LogP contribution is 2.49. The largest absolute Gasteiger partial charge is 0.340 e. The second kappa shape index (κ2) is 13.8. The van der Waals surface area contributed by atoms with Crippen molar-refractivity contribution in [1.82, 2.24) is 0 Å². The number of hydrogen-bond donors (Lipinski definition) is 0. The summed E-state index contributed by atoms with van der Waals surface area (Å²) in [6, 6.07) is 21.5. The summed E-state index contributed by atoms with van der Waals surface area (Å²) in [7, 11) is 0. The number of benzene rings is 2. The Hall–Kier alpha value is -5.01. The normalized spacial score (nSPS) is 17.9. The molecule has 0 unspecified atom stereocenters. The van der Waals surface area contributed by atoms with Gasteiger partial charge in [-0.1, -0.05) is 95.0 Å². The average Bonchev–Trinajstić information content (AvgIpc) is 3.02. The van der Waals surface area contributed by atoms with Crippen molar-refractivity contribution in [2.45, 2.75) is 76.5 Å². The molecule has 5 rings (SSSR count). The molecule has 0 fully saturated rings. The lowest BCUT2D eigenvalue weighted by Crippen LogP contribution is -2.21. The minimum atomic E-state index is -0.0239. The van der Waals surface area contributed by atoms with E-state index in [1.807, 2.05) is 12.2 Å². The lowest BCUT2D eigenvalue weighted by molar-refractivity contribution is 0.354. The van der Waals surface area contributed by atoms with Crippen molar-refractivity contribution in [2.75, 3.05) is 11.4 Å². The predicted octanol–water partition coefficient (Wildman–Crippen LogP) is 10.9. The molecule has 5 nitrogen and oxygen atoms in total. The maximum Gasteiger partial charge on any atom is 0.132 e. The fourth-order valence-corrected chi connectivity index (χ4v) is 7.98. The third-order valence-corrected chi connectivity index (χ3v) is 9.80. The van der Waals surface area contributed by atoms with Gasteiger partial charge in [0.2, 0.25) is 0 Å². The summed E-state index contributed by atoms with van der Waals surface area (Å²) < 4.78 is 0. The lowest BCUT2D eigenvalue weighted by Gasteiger charge is -2.33. The summed E-state index contributed by atoms with van der Waals surface area (Å²) in [6.07, 6.45) is 16.8. The smallest absolute Gasteiger partial charge is 0.132 e. The van der Waals surface area contributed by atoms with Crippen LogP contribution in [-0.2, 0) is 0 Å². The van der Waals surface area contributed by atoms with Gasteiger partial charge in [-0.3, -0.25) is 0 Å². The molecule has 0 spiro atoms. The molecule has 0 radical (unpaired) electrons. The zero-order valence-corrected chi connectivity index (χ0v) is 28.6. The number of nitrogens with zero attached hydrogens (tertiary/aromatic N) is 5. The van der Waals surface area contributed by atoms with E-state index in [1.54, 1.807) is 11.8 Å². The second-order valence-electron chi connectivity index (χ2n) is 14.1. The fraction of sp³-hybridized carbons (Fsp3) is 0.317. The van der Waals surface area contributed by atoms with Crippen molar-refractivity contribution in [3.8, 4) is 24.3 Å². The van der Waals surface area contributed by atoms with Crippen molar-refractivity contribution in [2.24, 2.45) is 10.8 Å². The van der Waals surface area contributed by atoms with Crippen LogP contribution in [0.25, 0.3) is 12.2 Å². The second-order valence-corrected chi connectivity index (χ2v) is 15.2. The van der Waals surface area contributed by atoms with Gasteiger partial charge in [-0.25, -0.2) is 0 Å². The summed E-state index contributed by atoms with van der Waals surface area (Å²) >= 11 is 1.79. The molecule has 1 aliphatic heterocycles. The van der Waals surface area contributed by atoms with Gasteiger partial charge < -0.3 is 4.90 Å². The molecule has 1 heterocycles. The third-order valence-electron chi connectivity index (χ3n) is 8.71. The van der Waals surface area contributed by atoms with Crippen LogP contribution in [0.4, 0.5) is 11.4 Å². The Morgan fingerprint density at radius 2 is 1.11 bits per heavy atom. The molecule has 0 aromatic heterocycles. The Morgan fingerprint density at radius 1 is 0.681 bits per heavy atom. The Balaban J connectivity index is 1.43. The number of nitriles is 4. The lowest BCUT2D eigenvalue weighted by atomic mass is 9.74. The van der Waals surface area contributed by atoms with Gasteiger partial charge in [0.15, 0.2) is 0 Å². The molecule has 0 N–H and O–H groups in total. The summed E-state index contributed by atoms with van der Waals surface area (Å²) in [4.78, 5) is 4.82. The summed E-state index contributed by atoms with van der Waals surface area (Å²) in [5.41, 5.74) is 8.85. The van der Waals surface area contributed by atoms with Gasteiger partial charge >= 0.3 is 0 Å². The Labute approximate surface area is 283 Å². The molecule has 0 amide bonds. The van der Waals surface area contributed by atoms with Crippen molar-refractivity contribution < 1.29 is 0 Å². The molecule has 234 valence electrons. The van der Waals surface area contributed by atoms with Crippen LogP contribution in [0.15, 0.2) is 104 Å². The van der Waals surface area contributed by atoms with Gasteiger partial charge in [-0.15, -0.1) is 0 Å². The van der Waals surface area contributed by atoms with Crippen LogP contribution < -0.4 is 4.90 Å². The first kappa shape index (κ1) is 33.4. The van der Waals surface area contributed by atoms with Gasteiger partial charge in [-0.2, -0.15) is 21.0 Å². The number of allylic oxidation sites excluding steroid dienone is 10. The monoisotopic (exact) mass is 633 g/mol. The van der Waals surface area contributed by atoms with E-state index in [9.17, 15) is 21.0 Å². The Morgan fingerprint density at radius 3 is 1.49 bits per heavy atom. The number of fused-ring (bicyclic) bond motifs is 2. The van der Waals surface area contributed by atoms with E-state index in [0.29, 0.717) is 0 Å². The van der Waals surface area contributed by atoms with Gasteiger partial charge in [0.1, 0.15) is 35.4 Å². The summed E-state index contributed by atoms with van der Waals surface area (Å²) in [5.74, 6) is 0. The predicted molar refractivity (Wildman–Crippen MR) is 191 cm³/mol. The quantitative estimate of drug-likeness (QED) is 0.294. The molecular weight excluding hydrogens is 595 g/mol. The SMILES string of the molecule is CCCN1c2ccc(/C=C/C3=CC(=C(C#N)C#N)CC(C)(C)C3)cc2Sc2cc(/C=C/C3=CC(=C(C#N)C#N)CC(C)(C)C3)ccc21. The van der Waals surface area contributed by atoms with Gasteiger partial charge in [0, 0.05) is 16.3 Å². The minimum absolute atomic E-state index is 0.0239. The Bertz CT molecular complexity index is 1800. The van der Waals surface area contributed by atoms with Crippen LogP contribution >= 0.6 is 11.8 Å². The van der Waals surface area contributed by atoms with Gasteiger partial charge in [0.05, 0.1) is 11.4 Å². The molecule has 2 aromatic rings. The van der Waals surface area contributed by atoms with E-state index < -0.39 is 0 Å².